The lowest BCUT2D eigenvalue weighted by atomic mass is 9.94. The van der Waals surface area contributed by atoms with E-state index in [0.717, 1.165) is 6.42 Å². The van der Waals surface area contributed by atoms with Crippen molar-refractivity contribution in [3.05, 3.63) is 53.6 Å². The van der Waals surface area contributed by atoms with Gasteiger partial charge in [-0.25, -0.2) is 27.4 Å². The summed E-state index contributed by atoms with van der Waals surface area (Å²) in [7, 11) is 1.62. The van der Waals surface area contributed by atoms with Gasteiger partial charge in [0.1, 0.15) is 11.5 Å². The Morgan fingerprint density at radius 2 is 1.81 bits per heavy atom. The van der Waals surface area contributed by atoms with Gasteiger partial charge in [-0.3, -0.25) is 4.79 Å². The van der Waals surface area contributed by atoms with Crippen LogP contribution in [0.4, 0.5) is 13.2 Å². The number of halogens is 3. The first-order chi connectivity index (χ1) is 20.0. The van der Waals surface area contributed by atoms with Crippen molar-refractivity contribution in [1.29, 1.82) is 0 Å². The number of piperidine rings is 1. The molecule has 1 fully saturated rings. The summed E-state index contributed by atoms with van der Waals surface area (Å²) in [6.45, 7) is 5.58. The van der Waals surface area contributed by atoms with Gasteiger partial charge < -0.3 is 25.2 Å². The highest BCUT2D eigenvalue weighted by Gasteiger charge is 2.36. The zero-order valence-electron chi connectivity index (χ0n) is 23.9. The average Bonchev–Trinajstić information content (AvgIpc) is 3.36. The number of aromatic nitrogens is 3. The lowest BCUT2D eigenvalue weighted by Gasteiger charge is -2.38. The van der Waals surface area contributed by atoms with E-state index in [1.54, 1.807) is 30.2 Å². The van der Waals surface area contributed by atoms with E-state index in [9.17, 15) is 27.6 Å². The molecular weight excluding hydrogens is 559 g/mol. The Kier molecular flexibility index (Phi) is 14.1. The molecule has 232 valence electrons. The molecule has 0 unspecified atom stereocenters. The summed E-state index contributed by atoms with van der Waals surface area (Å²) in [6, 6.07) is 5.81. The number of rotatable bonds is 13. The summed E-state index contributed by atoms with van der Waals surface area (Å²) < 4.78 is 47.9. The second-order valence-corrected chi connectivity index (χ2v) is 10.2. The van der Waals surface area contributed by atoms with Gasteiger partial charge in [0.05, 0.1) is 5.69 Å². The number of benzene rings is 1. The molecule has 0 saturated carbocycles. The average molecular weight is 598 g/mol. The lowest BCUT2D eigenvalue weighted by Crippen LogP contribution is -2.53. The minimum atomic E-state index is -2.45. The molecule has 1 amide bonds. The Hall–Kier alpha value is -3.78. The quantitative estimate of drug-likeness (QED) is 0.233. The fourth-order valence-electron chi connectivity index (χ4n) is 4.50. The monoisotopic (exact) mass is 597 g/mol. The number of alkyl halides is 2. The van der Waals surface area contributed by atoms with Crippen molar-refractivity contribution in [1.82, 2.24) is 25.2 Å². The largest absolute Gasteiger partial charge is 0.478 e. The van der Waals surface area contributed by atoms with Gasteiger partial charge in [0, 0.05) is 57.5 Å². The Morgan fingerprint density at radius 1 is 1.14 bits per heavy atom. The molecule has 0 aliphatic carbocycles. The number of ether oxygens (including phenoxy) is 1. The number of carbonyl (C=O) groups is 3. The number of hydrogen-bond acceptors (Lipinski definition) is 7. The van der Waals surface area contributed by atoms with Crippen LogP contribution in [-0.4, -0.2) is 93.8 Å². The third-order valence-electron chi connectivity index (χ3n) is 6.41. The molecule has 11 nitrogen and oxygen atoms in total. The lowest BCUT2D eigenvalue weighted by molar-refractivity contribution is -0.134. The number of nitrogens with zero attached hydrogens (tertiary/aromatic N) is 4. The minimum Gasteiger partial charge on any atom is -0.478 e. The zero-order valence-corrected chi connectivity index (χ0v) is 23.9. The van der Waals surface area contributed by atoms with Crippen molar-refractivity contribution in [3.8, 4) is 5.69 Å². The van der Waals surface area contributed by atoms with E-state index in [-0.39, 0.29) is 42.2 Å². The fourth-order valence-corrected chi connectivity index (χ4v) is 4.50. The van der Waals surface area contributed by atoms with Crippen molar-refractivity contribution < 1.29 is 42.5 Å². The topological polar surface area (TPSA) is 147 Å². The SMILES string of the molecule is COCCCCc1c(C(=O)N(CC(C)C)[C@@H]2CNC[C@H](C(F)F)C2)nnn1-c1ccccc1F.O=C(O)/C=C/C(=O)O. The molecule has 1 aliphatic rings. The molecule has 0 bridgehead atoms. The zero-order chi connectivity index (χ0) is 31.2. The Morgan fingerprint density at radius 3 is 2.38 bits per heavy atom. The third kappa shape index (κ3) is 10.6. The third-order valence-corrected chi connectivity index (χ3v) is 6.41. The van der Waals surface area contributed by atoms with E-state index in [4.69, 9.17) is 14.9 Å². The Labute approximate surface area is 242 Å². The van der Waals surface area contributed by atoms with Gasteiger partial charge in [-0.1, -0.05) is 31.2 Å². The number of amides is 1. The highest BCUT2D eigenvalue weighted by molar-refractivity contribution is 5.93. The molecule has 0 radical (unpaired) electrons. The second-order valence-electron chi connectivity index (χ2n) is 10.2. The molecule has 2 atom stereocenters. The van der Waals surface area contributed by atoms with Crippen LogP contribution < -0.4 is 5.32 Å². The maximum Gasteiger partial charge on any atom is 0.328 e. The van der Waals surface area contributed by atoms with E-state index < -0.39 is 30.1 Å². The summed E-state index contributed by atoms with van der Waals surface area (Å²) in [5, 5.41) is 27.0. The molecule has 1 aromatic heterocycles. The first kappa shape index (κ1) is 34.4. The van der Waals surface area contributed by atoms with Gasteiger partial charge in [-0.05, 0) is 43.7 Å². The number of aliphatic carboxylic acids is 2. The van der Waals surface area contributed by atoms with Gasteiger partial charge in [0.25, 0.3) is 5.91 Å². The molecule has 14 heteroatoms. The number of methoxy groups -OCH3 is 1. The molecule has 1 aromatic carbocycles. The van der Waals surface area contributed by atoms with Crippen LogP contribution in [0.2, 0.25) is 0 Å². The van der Waals surface area contributed by atoms with E-state index >= 15 is 0 Å². The normalized spacial score (nSPS) is 16.9. The van der Waals surface area contributed by atoms with Crippen LogP contribution in [0.1, 0.15) is 49.3 Å². The summed E-state index contributed by atoms with van der Waals surface area (Å²) in [5.41, 5.74) is 0.859. The summed E-state index contributed by atoms with van der Waals surface area (Å²) >= 11 is 0. The highest BCUT2D eigenvalue weighted by Crippen LogP contribution is 2.25. The van der Waals surface area contributed by atoms with Gasteiger partial charge in [-0.15, -0.1) is 5.10 Å². The highest BCUT2D eigenvalue weighted by atomic mass is 19.3. The van der Waals surface area contributed by atoms with Crippen LogP contribution in [0.25, 0.3) is 5.69 Å². The second kappa shape index (κ2) is 17.2. The predicted molar refractivity (Wildman–Crippen MR) is 147 cm³/mol. The number of hydrogen-bond donors (Lipinski definition) is 3. The van der Waals surface area contributed by atoms with E-state index in [0.29, 0.717) is 50.4 Å². The standard InChI is InChI=1S/C24H34F3N5O2.C4H4O4/c1-16(2)15-31(18-12-17(23(26)27)13-28-14-18)24(33)22-21(10-6-7-11-34-3)32(30-29-22)20-9-5-4-8-19(20)25;5-3(6)1-2-4(7)8/h4-5,8-9,16-18,23,28H,6-7,10-15H2,1-3H3;1-2H,(H,5,6)(H,7,8)/b;2-1+/t17-,18+;/m1./s1. The molecule has 3 rings (SSSR count). The van der Waals surface area contributed by atoms with Crippen LogP contribution in [-0.2, 0) is 20.7 Å². The Balaban J connectivity index is 0.000000675. The fraction of sp³-hybridized carbons (Fsp3) is 0.536. The minimum absolute atomic E-state index is 0.127. The van der Waals surface area contributed by atoms with Crippen LogP contribution >= 0.6 is 0 Å². The molecule has 0 spiro atoms. The van der Waals surface area contributed by atoms with E-state index in [1.807, 2.05) is 13.8 Å². The van der Waals surface area contributed by atoms with Gasteiger partial charge >= 0.3 is 11.9 Å². The van der Waals surface area contributed by atoms with Gasteiger partial charge in [-0.2, -0.15) is 0 Å². The molecule has 2 aromatic rings. The van der Waals surface area contributed by atoms with Crippen molar-refractivity contribution in [3.63, 3.8) is 0 Å². The van der Waals surface area contributed by atoms with Crippen LogP contribution in [0.3, 0.4) is 0 Å². The smallest absolute Gasteiger partial charge is 0.328 e. The van der Waals surface area contributed by atoms with Gasteiger partial charge in [0.2, 0.25) is 6.43 Å². The van der Waals surface area contributed by atoms with Crippen molar-refractivity contribution in [2.45, 2.75) is 52.0 Å². The van der Waals surface area contributed by atoms with E-state index in [2.05, 4.69) is 15.6 Å². The first-order valence-electron chi connectivity index (χ1n) is 13.6. The molecular formula is C28H38F3N5O6. The number of carboxylic acid groups (broad SMARTS) is 2. The molecule has 1 aliphatic heterocycles. The van der Waals surface area contributed by atoms with Crippen LogP contribution in [0, 0.1) is 17.7 Å². The van der Waals surface area contributed by atoms with E-state index in [1.165, 1.54) is 10.7 Å². The number of nitrogens with one attached hydrogen (secondary N) is 1. The van der Waals surface area contributed by atoms with Crippen molar-refractivity contribution in [2.24, 2.45) is 11.8 Å². The van der Waals surface area contributed by atoms with Crippen molar-refractivity contribution >= 4 is 17.8 Å². The number of unbranched alkanes of at least 4 members (excludes halogenated alkanes) is 1. The number of carboxylic acids is 2. The van der Waals surface area contributed by atoms with Crippen LogP contribution in [0.15, 0.2) is 36.4 Å². The number of carbonyl (C=O) groups excluding carboxylic acids is 1. The predicted octanol–water partition coefficient (Wildman–Crippen LogP) is 3.43. The first-order valence-corrected chi connectivity index (χ1v) is 13.6. The van der Waals surface area contributed by atoms with Gasteiger partial charge in [0.15, 0.2) is 5.69 Å². The number of para-hydroxylation sites is 1. The Bertz CT molecular complexity index is 1190. The van der Waals surface area contributed by atoms with Crippen molar-refractivity contribution in [2.75, 3.05) is 33.4 Å². The molecule has 42 heavy (non-hydrogen) atoms. The maximum atomic E-state index is 14.6. The maximum absolute atomic E-state index is 14.6. The van der Waals surface area contributed by atoms with Crippen LogP contribution in [0.5, 0.6) is 0 Å². The molecule has 3 N–H and O–H groups in total. The summed E-state index contributed by atoms with van der Waals surface area (Å²) in [5.74, 6) is -4.04. The summed E-state index contributed by atoms with van der Waals surface area (Å²) in [6.07, 6.45) is 0.774. The molecule has 2 heterocycles. The summed E-state index contributed by atoms with van der Waals surface area (Å²) in [4.78, 5) is 34.5. The molecule has 1 saturated heterocycles.